The Morgan fingerprint density at radius 1 is 1.22 bits per heavy atom. The molecule has 2 aromatic rings. The van der Waals surface area contributed by atoms with Crippen LogP contribution in [0.2, 0.25) is 0 Å². The van der Waals surface area contributed by atoms with E-state index in [4.69, 9.17) is 4.74 Å². The molecule has 0 amide bonds. The van der Waals surface area contributed by atoms with Crippen molar-refractivity contribution in [1.29, 1.82) is 0 Å². The van der Waals surface area contributed by atoms with Gasteiger partial charge in [-0.15, -0.1) is 0 Å². The molecule has 2 rings (SSSR count). The SMILES string of the molecule is COCC(C)Nc1ccc(C(=O)c2ccccc2)cc1[N+](=O)[O-]. The van der Waals surface area contributed by atoms with Gasteiger partial charge in [0.15, 0.2) is 5.78 Å². The maximum absolute atomic E-state index is 12.4. The van der Waals surface area contributed by atoms with Crippen molar-refractivity contribution in [2.45, 2.75) is 13.0 Å². The van der Waals surface area contributed by atoms with Crippen molar-refractivity contribution in [2.75, 3.05) is 19.0 Å². The standard InChI is InChI=1S/C17H18N2O4/c1-12(11-23-2)18-15-9-8-14(10-16(15)19(21)22)17(20)13-6-4-3-5-7-13/h3-10,12,18H,11H2,1-2H3. The van der Waals surface area contributed by atoms with Gasteiger partial charge < -0.3 is 10.1 Å². The van der Waals surface area contributed by atoms with Gasteiger partial charge in [-0.3, -0.25) is 14.9 Å². The van der Waals surface area contributed by atoms with Gasteiger partial charge in [0.25, 0.3) is 5.69 Å². The van der Waals surface area contributed by atoms with Crippen molar-refractivity contribution in [2.24, 2.45) is 0 Å². The number of ketones is 1. The second-order valence-electron chi connectivity index (χ2n) is 5.18. The number of carbonyl (C=O) groups excluding carboxylic acids is 1. The van der Waals surface area contributed by atoms with Crippen molar-refractivity contribution < 1.29 is 14.5 Å². The minimum atomic E-state index is -0.496. The topological polar surface area (TPSA) is 81.5 Å². The van der Waals surface area contributed by atoms with E-state index in [1.807, 2.05) is 13.0 Å². The monoisotopic (exact) mass is 314 g/mol. The van der Waals surface area contributed by atoms with Gasteiger partial charge in [-0.25, -0.2) is 0 Å². The van der Waals surface area contributed by atoms with Crippen molar-refractivity contribution in [1.82, 2.24) is 0 Å². The Bertz CT molecular complexity index is 701. The molecule has 1 N–H and O–H groups in total. The number of nitro groups is 1. The molecule has 0 bridgehead atoms. The fraction of sp³-hybridized carbons (Fsp3) is 0.235. The Morgan fingerprint density at radius 2 is 1.91 bits per heavy atom. The summed E-state index contributed by atoms with van der Waals surface area (Å²) in [6.07, 6.45) is 0. The molecule has 1 atom stereocenters. The van der Waals surface area contributed by atoms with E-state index < -0.39 is 4.92 Å². The van der Waals surface area contributed by atoms with E-state index in [0.717, 1.165) is 0 Å². The summed E-state index contributed by atoms with van der Waals surface area (Å²) in [7, 11) is 1.56. The van der Waals surface area contributed by atoms with Crippen LogP contribution in [0.1, 0.15) is 22.8 Å². The number of anilines is 1. The number of methoxy groups -OCH3 is 1. The quantitative estimate of drug-likeness (QED) is 0.482. The number of nitrogens with zero attached hydrogens (tertiary/aromatic N) is 1. The van der Waals surface area contributed by atoms with Gasteiger partial charge in [0.2, 0.25) is 0 Å². The number of hydrogen-bond acceptors (Lipinski definition) is 5. The van der Waals surface area contributed by atoms with E-state index in [-0.39, 0.29) is 23.1 Å². The summed E-state index contributed by atoms with van der Waals surface area (Å²) in [5.41, 5.74) is 1.02. The fourth-order valence-electron chi connectivity index (χ4n) is 2.26. The largest absolute Gasteiger partial charge is 0.383 e. The highest BCUT2D eigenvalue weighted by atomic mass is 16.6. The summed E-state index contributed by atoms with van der Waals surface area (Å²) in [5, 5.41) is 14.3. The first-order valence-electron chi connectivity index (χ1n) is 7.16. The smallest absolute Gasteiger partial charge is 0.293 e. The lowest BCUT2D eigenvalue weighted by atomic mass is 10.0. The number of rotatable bonds is 7. The normalized spacial score (nSPS) is 11.7. The van der Waals surface area contributed by atoms with Crippen molar-refractivity contribution in [3.05, 3.63) is 69.8 Å². The van der Waals surface area contributed by atoms with Gasteiger partial charge in [-0.1, -0.05) is 30.3 Å². The first-order chi connectivity index (χ1) is 11.0. The molecule has 23 heavy (non-hydrogen) atoms. The number of carbonyl (C=O) groups is 1. The highest BCUT2D eigenvalue weighted by Gasteiger charge is 2.19. The van der Waals surface area contributed by atoms with Crippen LogP contribution in [0.25, 0.3) is 0 Å². The molecule has 0 spiro atoms. The van der Waals surface area contributed by atoms with Crippen LogP contribution in [0.5, 0.6) is 0 Å². The van der Waals surface area contributed by atoms with Gasteiger partial charge in [-0.2, -0.15) is 0 Å². The highest BCUT2D eigenvalue weighted by Crippen LogP contribution is 2.27. The fourth-order valence-corrected chi connectivity index (χ4v) is 2.26. The summed E-state index contributed by atoms with van der Waals surface area (Å²) in [4.78, 5) is 23.2. The molecule has 0 saturated heterocycles. The van der Waals surface area contributed by atoms with Crippen molar-refractivity contribution >= 4 is 17.2 Å². The molecule has 0 radical (unpaired) electrons. The maximum atomic E-state index is 12.4. The van der Waals surface area contributed by atoms with Crippen molar-refractivity contribution in [3.8, 4) is 0 Å². The minimum absolute atomic E-state index is 0.0885. The first-order valence-corrected chi connectivity index (χ1v) is 7.16. The summed E-state index contributed by atoms with van der Waals surface area (Å²) in [6, 6.07) is 13.0. The molecule has 120 valence electrons. The average Bonchev–Trinajstić information content (AvgIpc) is 2.55. The number of hydrogen-bond donors (Lipinski definition) is 1. The zero-order valence-electron chi connectivity index (χ0n) is 13.0. The Labute approximate surface area is 134 Å². The predicted octanol–water partition coefficient (Wildman–Crippen LogP) is 3.27. The molecule has 0 heterocycles. The number of nitro benzene ring substituents is 1. The van der Waals surface area contributed by atoms with E-state index in [1.165, 1.54) is 6.07 Å². The van der Waals surface area contributed by atoms with E-state index in [9.17, 15) is 14.9 Å². The van der Waals surface area contributed by atoms with Crippen LogP contribution >= 0.6 is 0 Å². The Hall–Kier alpha value is -2.73. The van der Waals surface area contributed by atoms with Crippen LogP contribution in [0.4, 0.5) is 11.4 Å². The van der Waals surface area contributed by atoms with Crippen LogP contribution in [0, 0.1) is 10.1 Å². The van der Waals surface area contributed by atoms with Gasteiger partial charge in [-0.05, 0) is 19.1 Å². The van der Waals surface area contributed by atoms with E-state index >= 15 is 0 Å². The molecule has 0 fully saturated rings. The third-order valence-electron chi connectivity index (χ3n) is 3.31. The lowest BCUT2D eigenvalue weighted by molar-refractivity contribution is -0.384. The van der Waals surface area contributed by atoms with Crippen LogP contribution < -0.4 is 5.32 Å². The molecule has 0 saturated carbocycles. The first kappa shape index (κ1) is 16.6. The molecular weight excluding hydrogens is 296 g/mol. The Kier molecular flexibility index (Phi) is 5.43. The van der Waals surface area contributed by atoms with E-state index in [0.29, 0.717) is 17.9 Å². The Morgan fingerprint density at radius 3 is 2.52 bits per heavy atom. The second-order valence-corrected chi connectivity index (χ2v) is 5.18. The number of benzene rings is 2. The molecule has 6 nitrogen and oxygen atoms in total. The molecule has 0 aliphatic heterocycles. The maximum Gasteiger partial charge on any atom is 0.293 e. The number of ether oxygens (including phenoxy) is 1. The summed E-state index contributed by atoms with van der Waals surface area (Å²) >= 11 is 0. The molecule has 0 aliphatic carbocycles. The zero-order chi connectivity index (χ0) is 16.8. The highest BCUT2D eigenvalue weighted by molar-refractivity contribution is 6.09. The van der Waals surface area contributed by atoms with Crippen LogP contribution in [0.3, 0.4) is 0 Å². The van der Waals surface area contributed by atoms with Gasteiger partial charge >= 0.3 is 0 Å². The third-order valence-corrected chi connectivity index (χ3v) is 3.31. The van der Waals surface area contributed by atoms with Crippen LogP contribution in [-0.2, 0) is 4.74 Å². The molecular formula is C17H18N2O4. The Balaban J connectivity index is 2.32. The predicted molar refractivity (Wildman–Crippen MR) is 87.9 cm³/mol. The minimum Gasteiger partial charge on any atom is -0.383 e. The van der Waals surface area contributed by atoms with Crippen LogP contribution in [0.15, 0.2) is 48.5 Å². The molecule has 2 aromatic carbocycles. The number of nitrogens with one attached hydrogen (secondary N) is 1. The third kappa shape index (κ3) is 4.14. The summed E-state index contributed by atoms with van der Waals surface area (Å²) in [5.74, 6) is -0.245. The van der Waals surface area contributed by atoms with Gasteiger partial charge in [0.05, 0.1) is 11.5 Å². The molecule has 6 heteroatoms. The van der Waals surface area contributed by atoms with Gasteiger partial charge in [0, 0.05) is 30.3 Å². The van der Waals surface area contributed by atoms with Crippen LogP contribution in [-0.4, -0.2) is 30.5 Å². The lowest BCUT2D eigenvalue weighted by Gasteiger charge is -2.14. The lowest BCUT2D eigenvalue weighted by Crippen LogP contribution is -2.21. The summed E-state index contributed by atoms with van der Waals surface area (Å²) < 4.78 is 5.01. The second kappa shape index (κ2) is 7.51. The molecule has 1 unspecified atom stereocenters. The average molecular weight is 314 g/mol. The zero-order valence-corrected chi connectivity index (χ0v) is 13.0. The van der Waals surface area contributed by atoms with E-state index in [1.54, 1.807) is 43.5 Å². The van der Waals surface area contributed by atoms with Gasteiger partial charge in [0.1, 0.15) is 5.69 Å². The molecule has 0 aromatic heterocycles. The van der Waals surface area contributed by atoms with E-state index in [2.05, 4.69) is 5.32 Å². The van der Waals surface area contributed by atoms with Crippen molar-refractivity contribution in [3.63, 3.8) is 0 Å². The summed E-state index contributed by atoms with van der Waals surface area (Å²) in [6.45, 7) is 2.28. The molecule has 0 aliphatic rings.